The summed E-state index contributed by atoms with van der Waals surface area (Å²) in [6.45, 7) is 1.81. The van der Waals surface area contributed by atoms with E-state index in [2.05, 4.69) is 20.1 Å². The van der Waals surface area contributed by atoms with Crippen LogP contribution in [0.2, 0.25) is 0 Å². The van der Waals surface area contributed by atoms with Crippen molar-refractivity contribution in [2.45, 2.75) is 19.7 Å². The van der Waals surface area contributed by atoms with Crippen LogP contribution >= 0.6 is 11.3 Å². The van der Waals surface area contributed by atoms with Crippen LogP contribution in [0.5, 0.6) is 0 Å². The Bertz CT molecular complexity index is 832. The highest BCUT2D eigenvalue weighted by Gasteiger charge is 2.33. The number of aldehydes is 1. The zero-order valence-corrected chi connectivity index (χ0v) is 14.6. The Morgan fingerprint density at radius 3 is 2.77 bits per heavy atom. The van der Waals surface area contributed by atoms with E-state index < -0.39 is 11.9 Å². The van der Waals surface area contributed by atoms with E-state index in [1.807, 2.05) is 13.0 Å². The van der Waals surface area contributed by atoms with Crippen LogP contribution in [-0.2, 0) is 27.3 Å². The lowest BCUT2D eigenvalue weighted by Crippen LogP contribution is -2.09. The Balaban J connectivity index is 2.11. The summed E-state index contributed by atoms with van der Waals surface area (Å²) in [7, 11) is 1.32. The number of carbonyl (C=O) groups is 1. The minimum Gasteiger partial charge on any atom is -0.399 e. The van der Waals surface area contributed by atoms with Gasteiger partial charge in [0, 0.05) is 16.5 Å². The summed E-state index contributed by atoms with van der Waals surface area (Å²) in [4.78, 5) is 24.4. The molecule has 0 spiro atoms. The van der Waals surface area contributed by atoms with Gasteiger partial charge in [-0.1, -0.05) is 28.5 Å². The Morgan fingerprint density at radius 2 is 2.15 bits per heavy atom. The van der Waals surface area contributed by atoms with Gasteiger partial charge in [0.05, 0.1) is 0 Å². The number of alkyl halides is 3. The number of thiazole rings is 1. The molecule has 0 N–H and O–H groups in total. The van der Waals surface area contributed by atoms with Gasteiger partial charge in [-0.25, -0.2) is 4.98 Å². The molecule has 1 heterocycles. The van der Waals surface area contributed by atoms with E-state index >= 15 is 0 Å². The van der Waals surface area contributed by atoms with Gasteiger partial charge in [-0.05, 0) is 12.5 Å². The molecule has 0 atom stereocenters. The Labute approximate surface area is 150 Å². The molecule has 0 saturated carbocycles. The summed E-state index contributed by atoms with van der Waals surface area (Å²) < 4.78 is 37.5. The van der Waals surface area contributed by atoms with Gasteiger partial charge in [0.1, 0.15) is 30.7 Å². The van der Waals surface area contributed by atoms with Gasteiger partial charge < -0.3 is 9.68 Å². The van der Waals surface area contributed by atoms with E-state index in [0.29, 0.717) is 17.4 Å². The molecule has 1 aromatic heterocycles. The number of hydrogen-bond donors (Lipinski definition) is 0. The van der Waals surface area contributed by atoms with Crippen LogP contribution in [0.15, 0.2) is 33.9 Å². The maximum absolute atomic E-state index is 12.5. The predicted molar refractivity (Wildman–Crippen MR) is 90.3 cm³/mol. The third-order valence-corrected chi connectivity index (χ3v) is 4.03. The molecule has 0 bridgehead atoms. The average molecular weight is 385 g/mol. The molecular weight excluding hydrogens is 371 g/mol. The Morgan fingerprint density at radius 1 is 1.38 bits per heavy atom. The van der Waals surface area contributed by atoms with Crippen molar-refractivity contribution in [2.24, 2.45) is 10.3 Å². The molecule has 0 fully saturated rings. The van der Waals surface area contributed by atoms with Gasteiger partial charge in [-0.15, -0.1) is 11.3 Å². The molecule has 138 valence electrons. The maximum atomic E-state index is 12.5. The molecule has 0 saturated heterocycles. The van der Waals surface area contributed by atoms with Gasteiger partial charge in [-0.3, -0.25) is 4.79 Å². The Hall–Kier alpha value is -2.75. The Kier molecular flexibility index (Phi) is 6.45. The highest BCUT2D eigenvalue weighted by molar-refractivity contribution is 7.11. The summed E-state index contributed by atoms with van der Waals surface area (Å²) in [6, 6.07) is 5.25. The fourth-order valence-electron chi connectivity index (χ4n) is 2.03. The molecule has 6 nitrogen and oxygen atoms in total. The molecule has 0 radical (unpaired) electrons. The van der Waals surface area contributed by atoms with Gasteiger partial charge >= 0.3 is 6.18 Å². The van der Waals surface area contributed by atoms with Crippen LogP contribution in [0.1, 0.15) is 27.4 Å². The van der Waals surface area contributed by atoms with Gasteiger partial charge in [0.2, 0.25) is 0 Å². The lowest BCUT2D eigenvalue weighted by atomic mass is 9.99. The van der Waals surface area contributed by atoms with Crippen molar-refractivity contribution in [3.63, 3.8) is 0 Å². The number of rotatable bonds is 7. The fraction of sp³-hybridized carbons (Fsp3) is 0.250. The van der Waals surface area contributed by atoms with E-state index in [-0.39, 0.29) is 17.3 Å². The van der Waals surface area contributed by atoms with Crippen molar-refractivity contribution in [3.8, 4) is 0 Å². The number of halogens is 3. The van der Waals surface area contributed by atoms with Crippen molar-refractivity contribution in [2.75, 3.05) is 7.11 Å². The summed E-state index contributed by atoms with van der Waals surface area (Å²) in [5.74, 6) is 0. The van der Waals surface area contributed by atoms with Crippen LogP contribution in [0.25, 0.3) is 0 Å². The average Bonchev–Trinajstić information content (AvgIpc) is 3.07. The minimum absolute atomic E-state index is 0.00736. The molecule has 0 aliphatic heterocycles. The zero-order valence-electron chi connectivity index (χ0n) is 13.8. The minimum atomic E-state index is -4.49. The third-order valence-electron chi connectivity index (χ3n) is 3.25. The second-order valence-electron chi connectivity index (χ2n) is 4.95. The molecule has 0 unspecified atom stereocenters. The summed E-state index contributed by atoms with van der Waals surface area (Å²) in [6.07, 6.45) is -2.84. The number of nitrogens with zero attached hydrogens (tertiary/aromatic N) is 3. The second-order valence-corrected chi connectivity index (χ2v) is 5.84. The van der Waals surface area contributed by atoms with E-state index in [1.54, 1.807) is 12.1 Å². The number of oxime groups is 2. The molecule has 10 heteroatoms. The summed E-state index contributed by atoms with van der Waals surface area (Å²) >= 11 is 0.802. The first-order valence-electron chi connectivity index (χ1n) is 7.20. The molecule has 0 aliphatic carbocycles. The van der Waals surface area contributed by atoms with E-state index in [4.69, 9.17) is 4.84 Å². The fourth-order valence-corrected chi connectivity index (χ4v) is 2.70. The second kappa shape index (κ2) is 8.56. The number of hydrogen-bond acceptors (Lipinski definition) is 7. The van der Waals surface area contributed by atoms with Crippen LogP contribution in [0, 0.1) is 6.92 Å². The third kappa shape index (κ3) is 4.88. The number of aryl methyl sites for hydroxylation is 1. The van der Waals surface area contributed by atoms with E-state index in [1.165, 1.54) is 7.11 Å². The van der Waals surface area contributed by atoms with Gasteiger partial charge in [0.15, 0.2) is 12.0 Å². The van der Waals surface area contributed by atoms with Crippen molar-refractivity contribution >= 4 is 29.5 Å². The first-order valence-corrected chi connectivity index (χ1v) is 8.08. The monoisotopic (exact) mass is 385 g/mol. The highest BCUT2D eigenvalue weighted by atomic mass is 32.1. The van der Waals surface area contributed by atoms with Crippen LogP contribution in [0.3, 0.4) is 0 Å². The molecule has 2 rings (SSSR count). The van der Waals surface area contributed by atoms with E-state index in [9.17, 15) is 18.0 Å². The van der Waals surface area contributed by atoms with Crippen molar-refractivity contribution < 1.29 is 27.6 Å². The maximum Gasteiger partial charge on any atom is 0.434 e. The molecule has 0 aliphatic rings. The molecule has 26 heavy (non-hydrogen) atoms. The number of benzene rings is 1. The van der Waals surface area contributed by atoms with E-state index in [0.717, 1.165) is 28.5 Å². The van der Waals surface area contributed by atoms with Crippen LogP contribution in [-0.4, -0.2) is 30.3 Å². The molecule has 1 aromatic carbocycles. The first kappa shape index (κ1) is 19.6. The van der Waals surface area contributed by atoms with Gasteiger partial charge in [-0.2, -0.15) is 13.2 Å². The predicted octanol–water partition coefficient (Wildman–Crippen LogP) is 3.57. The number of aromatic nitrogens is 1. The van der Waals surface area contributed by atoms with Gasteiger partial charge in [0.25, 0.3) is 0 Å². The lowest BCUT2D eigenvalue weighted by Gasteiger charge is -2.10. The normalized spacial score (nSPS) is 12.4. The largest absolute Gasteiger partial charge is 0.434 e. The van der Waals surface area contributed by atoms with Crippen molar-refractivity contribution in [1.82, 2.24) is 4.98 Å². The standard InChI is InChI=1S/C16H14F3N3O3S/c1-10-4-3-5-11(13(7-23)22-24-2)12(10)8-25-20-6-15-21-14(9-26-15)16(17,18)19/h3-7,9H,8H2,1-2H3/b20-6+,22-13-. The molecular formula is C16H14F3N3O3S. The van der Waals surface area contributed by atoms with Crippen molar-refractivity contribution in [1.29, 1.82) is 0 Å². The summed E-state index contributed by atoms with van der Waals surface area (Å²) in [5.41, 5.74) is 1.12. The summed E-state index contributed by atoms with van der Waals surface area (Å²) in [5, 5.41) is 8.27. The molecule has 0 amide bonds. The highest BCUT2D eigenvalue weighted by Crippen LogP contribution is 2.29. The smallest absolute Gasteiger partial charge is 0.399 e. The number of carbonyl (C=O) groups excluding carboxylic acids is 1. The SMILES string of the molecule is CO/N=C(/C=O)c1cccc(C)c1CO/N=C/c1nc(C(F)(F)F)cs1. The first-order chi connectivity index (χ1) is 12.4. The quantitative estimate of drug-likeness (QED) is 0.415. The molecule has 2 aromatic rings. The zero-order chi connectivity index (χ0) is 19.2. The topological polar surface area (TPSA) is 73.1 Å². The van der Waals surface area contributed by atoms with Crippen LogP contribution in [0.4, 0.5) is 13.2 Å². The van der Waals surface area contributed by atoms with Crippen molar-refractivity contribution in [3.05, 3.63) is 51.0 Å². The lowest BCUT2D eigenvalue weighted by molar-refractivity contribution is -0.140. The van der Waals surface area contributed by atoms with Crippen LogP contribution < -0.4 is 0 Å².